The molecule has 0 bridgehead atoms. The molecule has 0 fully saturated rings. The van der Waals surface area contributed by atoms with E-state index >= 15 is 0 Å². The van der Waals surface area contributed by atoms with E-state index in [2.05, 4.69) is 15.6 Å². The minimum Gasteiger partial charge on any atom is -0.356 e. The minimum atomic E-state index is -3.03. The fourth-order valence-electron chi connectivity index (χ4n) is 2.00. The number of rotatable bonds is 6. The molecule has 5 nitrogen and oxygen atoms in total. The average Bonchev–Trinajstić information content (AvgIpc) is 2.47. The number of nitrogens with one attached hydrogen (secondary N) is 2. The number of nitrogens with zero attached hydrogens (tertiary/aromatic N) is 1. The zero-order chi connectivity index (χ0) is 14.3. The molecule has 1 aromatic carbocycles. The van der Waals surface area contributed by atoms with Crippen molar-refractivity contribution in [3.63, 3.8) is 0 Å². The van der Waals surface area contributed by atoms with Crippen LogP contribution in [0.4, 0.5) is 0 Å². The lowest BCUT2D eigenvalue weighted by molar-refractivity contribution is 0.593. The van der Waals surface area contributed by atoms with E-state index in [1.807, 2.05) is 30.3 Å². The zero-order valence-electron chi connectivity index (χ0n) is 11.9. The highest BCUT2D eigenvalue weighted by atomic mass is 127. The quantitative estimate of drug-likeness (QED) is 0.675. The smallest absolute Gasteiger partial charge is 0.191 e. The molecule has 118 valence electrons. The van der Waals surface area contributed by atoms with Crippen molar-refractivity contribution in [2.45, 2.75) is 12.8 Å². The maximum absolute atomic E-state index is 11.9. The highest BCUT2D eigenvalue weighted by molar-refractivity contribution is 14.0. The lowest BCUT2D eigenvalue weighted by Crippen LogP contribution is -2.42. The third kappa shape index (κ3) is 7.12. The van der Waals surface area contributed by atoms with Gasteiger partial charge in [0.05, 0.1) is 11.5 Å². The molecule has 1 aliphatic heterocycles. The van der Waals surface area contributed by atoms with Crippen molar-refractivity contribution in [2.24, 2.45) is 4.99 Å². The van der Waals surface area contributed by atoms with Crippen LogP contribution >= 0.6 is 24.0 Å². The van der Waals surface area contributed by atoms with E-state index < -0.39 is 9.84 Å². The fraction of sp³-hybridized carbons (Fsp3) is 0.500. The first kappa shape index (κ1) is 18.2. The Balaban J connectivity index is 0.00000220. The third-order valence-corrected chi connectivity index (χ3v) is 4.80. The normalized spacial score (nSPS) is 14.6. The molecule has 0 saturated heterocycles. The second-order valence-electron chi connectivity index (χ2n) is 4.82. The van der Waals surface area contributed by atoms with Crippen LogP contribution in [0.1, 0.15) is 12.0 Å². The van der Waals surface area contributed by atoms with Crippen LogP contribution in [0.5, 0.6) is 0 Å². The first-order valence-electron chi connectivity index (χ1n) is 6.92. The number of halogens is 1. The Bertz CT molecular complexity index is 547. The summed E-state index contributed by atoms with van der Waals surface area (Å²) in [6.07, 6.45) is 1.60. The van der Waals surface area contributed by atoms with Crippen molar-refractivity contribution in [1.82, 2.24) is 10.6 Å². The zero-order valence-corrected chi connectivity index (χ0v) is 15.1. The molecule has 21 heavy (non-hydrogen) atoms. The van der Waals surface area contributed by atoms with Gasteiger partial charge in [0.1, 0.15) is 0 Å². The van der Waals surface area contributed by atoms with Gasteiger partial charge in [-0.15, -0.1) is 24.0 Å². The van der Waals surface area contributed by atoms with Crippen LogP contribution < -0.4 is 10.6 Å². The lowest BCUT2D eigenvalue weighted by Gasteiger charge is -2.15. The number of guanidine groups is 1. The Morgan fingerprint density at radius 1 is 1.19 bits per heavy atom. The summed E-state index contributed by atoms with van der Waals surface area (Å²) in [4.78, 5) is 4.24. The molecule has 1 aliphatic rings. The molecule has 1 heterocycles. The van der Waals surface area contributed by atoms with E-state index in [1.54, 1.807) is 0 Å². The number of sulfone groups is 1. The van der Waals surface area contributed by atoms with Crippen LogP contribution in [0.2, 0.25) is 0 Å². The van der Waals surface area contributed by atoms with Crippen LogP contribution in [0.3, 0.4) is 0 Å². The van der Waals surface area contributed by atoms with E-state index in [0.717, 1.165) is 31.0 Å². The standard InChI is InChI=1S/C14H21N3O2S.HI/c18-20(19,11-7-13-5-2-1-3-6-13)12-10-17-14-15-8-4-9-16-14;/h1-3,5-6H,4,7-12H2,(H2,15,16,17);1H. The summed E-state index contributed by atoms with van der Waals surface area (Å²) in [6.45, 7) is 2.10. The van der Waals surface area contributed by atoms with Gasteiger partial charge in [0, 0.05) is 19.6 Å². The maximum Gasteiger partial charge on any atom is 0.191 e. The van der Waals surface area contributed by atoms with Crippen molar-refractivity contribution in [3.8, 4) is 0 Å². The number of hydrogen-bond acceptors (Lipinski definition) is 5. The van der Waals surface area contributed by atoms with Gasteiger partial charge in [-0.25, -0.2) is 8.42 Å². The summed E-state index contributed by atoms with van der Waals surface area (Å²) in [7, 11) is -3.03. The summed E-state index contributed by atoms with van der Waals surface area (Å²) in [5.41, 5.74) is 1.06. The monoisotopic (exact) mass is 423 g/mol. The van der Waals surface area contributed by atoms with Crippen LogP contribution in [0.25, 0.3) is 0 Å². The lowest BCUT2D eigenvalue weighted by atomic mass is 10.2. The first-order valence-corrected chi connectivity index (χ1v) is 8.74. The number of benzene rings is 1. The van der Waals surface area contributed by atoms with E-state index in [1.165, 1.54) is 0 Å². The van der Waals surface area contributed by atoms with Crippen LogP contribution in [-0.2, 0) is 16.3 Å². The van der Waals surface area contributed by atoms with Gasteiger partial charge in [-0.1, -0.05) is 30.3 Å². The van der Waals surface area contributed by atoms with Gasteiger partial charge in [-0.05, 0) is 18.4 Å². The highest BCUT2D eigenvalue weighted by Crippen LogP contribution is 2.02. The largest absolute Gasteiger partial charge is 0.356 e. The molecule has 0 aliphatic carbocycles. The number of aryl methyl sites for hydroxylation is 1. The molecule has 0 atom stereocenters. The molecule has 0 radical (unpaired) electrons. The molecule has 0 aromatic heterocycles. The maximum atomic E-state index is 11.9. The van der Waals surface area contributed by atoms with Gasteiger partial charge >= 0.3 is 0 Å². The molecule has 0 spiro atoms. The van der Waals surface area contributed by atoms with E-state index in [9.17, 15) is 8.42 Å². The summed E-state index contributed by atoms with van der Waals surface area (Å²) in [5.74, 6) is 1.05. The second-order valence-corrected chi connectivity index (χ2v) is 7.13. The van der Waals surface area contributed by atoms with Gasteiger partial charge in [-0.2, -0.15) is 0 Å². The molecular weight excluding hydrogens is 401 g/mol. The highest BCUT2D eigenvalue weighted by Gasteiger charge is 2.11. The van der Waals surface area contributed by atoms with Crippen molar-refractivity contribution < 1.29 is 8.42 Å². The Morgan fingerprint density at radius 3 is 2.62 bits per heavy atom. The number of aliphatic imine (C=N–C) groups is 1. The summed E-state index contributed by atoms with van der Waals surface area (Å²) < 4.78 is 23.9. The van der Waals surface area contributed by atoms with Gasteiger partial charge in [0.2, 0.25) is 0 Å². The second kappa shape index (κ2) is 9.24. The Labute approximate surface area is 143 Å². The van der Waals surface area contributed by atoms with E-state index in [-0.39, 0.29) is 35.5 Å². The first-order chi connectivity index (χ1) is 9.66. The molecule has 0 saturated carbocycles. The number of hydrogen-bond donors (Lipinski definition) is 2. The molecule has 0 unspecified atom stereocenters. The van der Waals surface area contributed by atoms with Gasteiger partial charge in [0.25, 0.3) is 0 Å². The van der Waals surface area contributed by atoms with Crippen molar-refractivity contribution in [1.29, 1.82) is 0 Å². The predicted molar refractivity (Wildman–Crippen MR) is 97.1 cm³/mol. The molecule has 2 N–H and O–H groups in total. The summed E-state index contributed by atoms with van der Waals surface area (Å²) in [6, 6.07) is 9.69. The van der Waals surface area contributed by atoms with Crippen molar-refractivity contribution in [2.75, 3.05) is 31.1 Å². The van der Waals surface area contributed by atoms with Crippen molar-refractivity contribution in [3.05, 3.63) is 35.9 Å². The average molecular weight is 423 g/mol. The Hall–Kier alpha value is -0.830. The predicted octanol–water partition coefficient (Wildman–Crippen LogP) is 1.20. The fourth-order valence-corrected chi connectivity index (χ4v) is 3.16. The molecular formula is C14H22IN3O2S. The van der Waals surface area contributed by atoms with Crippen LogP contribution in [0, 0.1) is 0 Å². The molecule has 2 rings (SSSR count). The minimum absolute atomic E-state index is 0. The molecule has 0 amide bonds. The SMILES string of the molecule is I.O=S(=O)(CCNC1=NCCCN1)CCc1ccccc1. The van der Waals surface area contributed by atoms with Crippen LogP contribution in [-0.4, -0.2) is 45.5 Å². The van der Waals surface area contributed by atoms with Gasteiger partial charge in [0.15, 0.2) is 15.8 Å². The summed E-state index contributed by atoms with van der Waals surface area (Å²) in [5, 5.41) is 6.14. The van der Waals surface area contributed by atoms with E-state index in [4.69, 9.17) is 0 Å². The van der Waals surface area contributed by atoms with Gasteiger partial charge < -0.3 is 10.6 Å². The molecule has 1 aromatic rings. The van der Waals surface area contributed by atoms with E-state index in [0.29, 0.717) is 13.0 Å². The van der Waals surface area contributed by atoms with Crippen LogP contribution in [0.15, 0.2) is 35.3 Å². The van der Waals surface area contributed by atoms with Gasteiger partial charge in [-0.3, -0.25) is 4.99 Å². The molecule has 7 heteroatoms. The Morgan fingerprint density at radius 2 is 1.95 bits per heavy atom. The topological polar surface area (TPSA) is 70.6 Å². The van der Waals surface area contributed by atoms with Crippen molar-refractivity contribution >= 4 is 39.8 Å². The summed E-state index contributed by atoms with van der Waals surface area (Å²) >= 11 is 0. The third-order valence-electron chi connectivity index (χ3n) is 3.15. The Kier molecular flexibility index (Phi) is 8.02.